The summed E-state index contributed by atoms with van der Waals surface area (Å²) < 4.78 is 26.6. The first-order chi connectivity index (χ1) is 12.3. The topological polar surface area (TPSA) is 66.9 Å². The molecule has 1 aliphatic heterocycles. The minimum atomic E-state index is -3.81. The van der Waals surface area contributed by atoms with Crippen molar-refractivity contribution in [1.82, 2.24) is 4.47 Å². The van der Waals surface area contributed by atoms with Gasteiger partial charge in [0.05, 0.1) is 12.0 Å². The van der Waals surface area contributed by atoms with Gasteiger partial charge in [-0.05, 0) is 54.8 Å². The van der Waals surface area contributed by atoms with Crippen LogP contribution in [0.4, 0.5) is 5.69 Å². The number of benzene rings is 2. The van der Waals surface area contributed by atoms with E-state index >= 15 is 0 Å². The lowest BCUT2D eigenvalue weighted by atomic mass is 10.0. The lowest BCUT2D eigenvalue weighted by molar-refractivity contribution is -0.0258. The van der Waals surface area contributed by atoms with Crippen molar-refractivity contribution in [3.63, 3.8) is 0 Å². The second kappa shape index (κ2) is 7.48. The molecule has 0 N–H and O–H groups in total. The Bertz CT molecular complexity index is 946. The van der Waals surface area contributed by atoms with Crippen LogP contribution in [0.3, 0.4) is 0 Å². The van der Waals surface area contributed by atoms with Crippen LogP contribution in [0.2, 0.25) is 0 Å². The number of rotatable bonds is 4. The Morgan fingerprint density at radius 3 is 2.73 bits per heavy atom. The molecule has 0 fully saturated rings. The zero-order valence-electron chi connectivity index (χ0n) is 14.5. The van der Waals surface area contributed by atoms with Crippen LogP contribution in [0.15, 0.2) is 51.8 Å². The number of aryl methyl sites for hydroxylation is 1. The van der Waals surface area contributed by atoms with Crippen LogP contribution in [0, 0.1) is 0 Å². The molecule has 0 aromatic heterocycles. The predicted octanol–water partition coefficient (Wildman–Crippen LogP) is 3.22. The monoisotopic (exact) mass is 438 g/mol. The third-order valence-electron chi connectivity index (χ3n) is 4.38. The first-order valence-electron chi connectivity index (χ1n) is 8.08. The summed E-state index contributed by atoms with van der Waals surface area (Å²) in [6.45, 7) is 0.600. The van der Waals surface area contributed by atoms with Gasteiger partial charge in [0.2, 0.25) is 0 Å². The van der Waals surface area contributed by atoms with E-state index in [0.717, 1.165) is 33.0 Å². The molecule has 0 bridgehead atoms. The molecule has 0 spiro atoms. The van der Waals surface area contributed by atoms with Gasteiger partial charge in [0.25, 0.3) is 15.9 Å². The summed E-state index contributed by atoms with van der Waals surface area (Å²) in [5.41, 5.74) is 2.29. The van der Waals surface area contributed by atoms with Gasteiger partial charge in [-0.25, -0.2) is 8.42 Å². The average molecular weight is 439 g/mol. The molecule has 3 rings (SSSR count). The standard InChI is InChI=1S/C18H19BrN2O4S/c1-20(25-2)26(23,24)16-7-3-5-14(12-16)18(22)21-10-4-6-13-11-15(19)8-9-17(13)21/h3,5,7-9,11-12H,4,6,10H2,1-2H3. The Morgan fingerprint density at radius 2 is 2.00 bits per heavy atom. The molecule has 138 valence electrons. The molecule has 0 saturated carbocycles. The van der Waals surface area contributed by atoms with Gasteiger partial charge in [-0.1, -0.05) is 26.5 Å². The SMILES string of the molecule is CON(C)S(=O)(=O)c1cccc(C(=O)N2CCCc3cc(Br)ccc32)c1. The van der Waals surface area contributed by atoms with Gasteiger partial charge in [-0.2, -0.15) is 0 Å². The van der Waals surface area contributed by atoms with E-state index in [1.54, 1.807) is 17.0 Å². The van der Waals surface area contributed by atoms with Crippen molar-refractivity contribution in [3.05, 3.63) is 58.1 Å². The third-order valence-corrected chi connectivity index (χ3v) is 6.55. The van der Waals surface area contributed by atoms with E-state index in [0.29, 0.717) is 12.1 Å². The fourth-order valence-corrected chi connectivity index (χ4v) is 4.40. The van der Waals surface area contributed by atoms with Gasteiger partial charge in [0.15, 0.2) is 0 Å². The molecule has 0 aliphatic carbocycles. The second-order valence-corrected chi connectivity index (χ2v) is 8.81. The number of amides is 1. The summed E-state index contributed by atoms with van der Waals surface area (Å²) in [5.74, 6) is -0.217. The smallest absolute Gasteiger partial charge is 0.264 e. The molecule has 1 heterocycles. The number of hydrogen-bond acceptors (Lipinski definition) is 4. The normalized spacial score (nSPS) is 14.4. The highest BCUT2D eigenvalue weighted by Gasteiger charge is 2.26. The van der Waals surface area contributed by atoms with Crippen molar-refractivity contribution in [2.75, 3.05) is 25.6 Å². The van der Waals surface area contributed by atoms with Gasteiger partial charge in [-0.15, -0.1) is 0 Å². The molecule has 1 amide bonds. The maximum absolute atomic E-state index is 13.0. The highest BCUT2D eigenvalue weighted by Crippen LogP contribution is 2.31. The number of sulfonamides is 1. The fraction of sp³-hybridized carbons (Fsp3) is 0.278. The van der Waals surface area contributed by atoms with Crippen LogP contribution < -0.4 is 4.90 Å². The minimum absolute atomic E-state index is 0.0146. The molecule has 0 saturated heterocycles. The second-order valence-electron chi connectivity index (χ2n) is 5.96. The molecule has 2 aromatic rings. The van der Waals surface area contributed by atoms with E-state index in [1.807, 2.05) is 18.2 Å². The summed E-state index contributed by atoms with van der Waals surface area (Å²) in [5, 5.41) is 0. The highest BCUT2D eigenvalue weighted by atomic mass is 79.9. The van der Waals surface area contributed by atoms with Crippen molar-refractivity contribution in [2.45, 2.75) is 17.7 Å². The Morgan fingerprint density at radius 1 is 1.23 bits per heavy atom. The van der Waals surface area contributed by atoms with E-state index in [4.69, 9.17) is 4.84 Å². The summed E-state index contributed by atoms with van der Waals surface area (Å²) in [4.78, 5) is 19.5. The van der Waals surface area contributed by atoms with Gasteiger partial charge in [0, 0.05) is 29.3 Å². The van der Waals surface area contributed by atoms with E-state index in [2.05, 4.69) is 15.9 Å². The first-order valence-corrected chi connectivity index (χ1v) is 10.3. The number of anilines is 1. The molecule has 2 aromatic carbocycles. The van der Waals surface area contributed by atoms with Crippen molar-refractivity contribution < 1.29 is 18.0 Å². The van der Waals surface area contributed by atoms with Crippen molar-refractivity contribution in [1.29, 1.82) is 0 Å². The number of carbonyl (C=O) groups excluding carboxylic acids is 1. The Labute approximate surface area is 161 Å². The molecule has 0 unspecified atom stereocenters. The zero-order chi connectivity index (χ0) is 18.9. The number of hydroxylamine groups is 1. The number of halogens is 1. The van der Waals surface area contributed by atoms with E-state index in [-0.39, 0.29) is 10.8 Å². The van der Waals surface area contributed by atoms with Gasteiger partial charge in [0.1, 0.15) is 0 Å². The largest absolute Gasteiger partial charge is 0.308 e. The summed E-state index contributed by atoms with van der Waals surface area (Å²) in [7, 11) is -1.23. The number of nitrogens with zero attached hydrogens (tertiary/aromatic N) is 2. The number of fused-ring (bicyclic) bond motifs is 1. The summed E-state index contributed by atoms with van der Waals surface area (Å²) in [6.07, 6.45) is 1.77. The lowest BCUT2D eigenvalue weighted by Crippen LogP contribution is -2.35. The van der Waals surface area contributed by atoms with Crippen LogP contribution in [-0.4, -0.2) is 39.5 Å². The van der Waals surface area contributed by atoms with Crippen LogP contribution in [0.1, 0.15) is 22.3 Å². The Kier molecular flexibility index (Phi) is 5.47. The summed E-state index contributed by atoms with van der Waals surface area (Å²) in [6, 6.07) is 11.9. The minimum Gasteiger partial charge on any atom is -0.308 e. The average Bonchev–Trinajstić information content (AvgIpc) is 2.66. The summed E-state index contributed by atoms with van der Waals surface area (Å²) >= 11 is 3.46. The Balaban J connectivity index is 1.97. The van der Waals surface area contributed by atoms with Gasteiger partial charge >= 0.3 is 0 Å². The molecule has 6 nitrogen and oxygen atoms in total. The Hall–Kier alpha value is -1.74. The van der Waals surface area contributed by atoms with Crippen LogP contribution >= 0.6 is 15.9 Å². The van der Waals surface area contributed by atoms with Crippen molar-refractivity contribution >= 4 is 37.5 Å². The maximum Gasteiger partial charge on any atom is 0.264 e. The molecule has 0 radical (unpaired) electrons. The molecule has 8 heteroatoms. The van der Waals surface area contributed by atoms with Crippen LogP contribution in [-0.2, 0) is 21.3 Å². The van der Waals surface area contributed by atoms with Crippen LogP contribution in [0.5, 0.6) is 0 Å². The van der Waals surface area contributed by atoms with Crippen LogP contribution in [0.25, 0.3) is 0 Å². The van der Waals surface area contributed by atoms with Gasteiger partial charge in [-0.3, -0.25) is 9.63 Å². The van der Waals surface area contributed by atoms with E-state index < -0.39 is 10.0 Å². The van der Waals surface area contributed by atoms with Crippen molar-refractivity contribution in [2.24, 2.45) is 0 Å². The quantitative estimate of drug-likeness (QED) is 0.687. The predicted molar refractivity (Wildman–Crippen MR) is 103 cm³/mol. The maximum atomic E-state index is 13.0. The molecular weight excluding hydrogens is 420 g/mol. The number of carbonyl (C=O) groups is 1. The van der Waals surface area contributed by atoms with Gasteiger partial charge < -0.3 is 4.90 Å². The van der Waals surface area contributed by atoms with E-state index in [1.165, 1.54) is 26.3 Å². The molecule has 0 atom stereocenters. The highest BCUT2D eigenvalue weighted by molar-refractivity contribution is 9.10. The molecular formula is C18H19BrN2O4S. The molecule has 1 aliphatic rings. The number of hydrogen-bond donors (Lipinski definition) is 0. The van der Waals surface area contributed by atoms with E-state index in [9.17, 15) is 13.2 Å². The lowest BCUT2D eigenvalue weighted by Gasteiger charge is -2.30. The third kappa shape index (κ3) is 3.55. The fourth-order valence-electron chi connectivity index (χ4n) is 2.97. The first kappa shape index (κ1) is 19.0. The molecule has 26 heavy (non-hydrogen) atoms. The zero-order valence-corrected chi connectivity index (χ0v) is 16.9. The van der Waals surface area contributed by atoms with Crippen molar-refractivity contribution in [3.8, 4) is 0 Å².